The summed E-state index contributed by atoms with van der Waals surface area (Å²) >= 11 is 0. The Morgan fingerprint density at radius 1 is 1.19 bits per heavy atom. The molecule has 2 aromatic rings. The highest BCUT2D eigenvalue weighted by Gasteiger charge is 2.25. The number of amides is 2. The maximum Gasteiger partial charge on any atom is 0.257 e. The number of aromatic nitrogens is 2. The summed E-state index contributed by atoms with van der Waals surface area (Å²) in [4.78, 5) is 26.5. The summed E-state index contributed by atoms with van der Waals surface area (Å²) in [5.74, 6) is 0.319. The van der Waals surface area contributed by atoms with Crippen LogP contribution in [0.25, 0.3) is 11.3 Å². The number of benzene rings is 1. The van der Waals surface area contributed by atoms with Crippen LogP contribution in [-0.4, -0.2) is 53.2 Å². The number of hydrogen-bond donors (Lipinski definition) is 2. The van der Waals surface area contributed by atoms with Gasteiger partial charge < -0.3 is 15.0 Å². The number of H-pyrrole nitrogens is 1. The molecule has 2 N–H and O–H groups in total. The Morgan fingerprint density at radius 2 is 1.93 bits per heavy atom. The quantitative estimate of drug-likeness (QED) is 0.845. The van der Waals surface area contributed by atoms with E-state index in [0.29, 0.717) is 38.4 Å². The number of nitrogens with one attached hydrogen (secondary N) is 2. The van der Waals surface area contributed by atoms with Gasteiger partial charge in [-0.1, -0.05) is 30.7 Å². The Labute approximate surface area is 158 Å². The minimum absolute atomic E-state index is 0.0288. The topological polar surface area (TPSA) is 87.3 Å². The molecule has 2 aliphatic rings. The summed E-state index contributed by atoms with van der Waals surface area (Å²) in [6.45, 7) is 2.87. The largest absolute Gasteiger partial charge is 0.378 e. The molecule has 1 aromatic heterocycles. The second-order valence-electron chi connectivity index (χ2n) is 7.11. The van der Waals surface area contributed by atoms with Gasteiger partial charge in [0, 0.05) is 31.1 Å². The molecule has 27 heavy (non-hydrogen) atoms. The number of morpholine rings is 1. The highest BCUT2D eigenvalue weighted by Crippen LogP contribution is 2.26. The SMILES string of the molecule is O=C(NCc1ccc(-c2[nH]ncc2C(=O)N2CCOCC2)cc1)C1CCC1. The fourth-order valence-electron chi connectivity index (χ4n) is 3.40. The first-order valence-electron chi connectivity index (χ1n) is 9.50. The van der Waals surface area contributed by atoms with Crippen molar-refractivity contribution in [2.24, 2.45) is 5.92 Å². The standard InChI is InChI=1S/C20H24N4O3/c25-19(16-2-1-3-16)21-12-14-4-6-15(7-5-14)18-17(13-22-23-18)20(26)24-8-10-27-11-9-24/h4-7,13,16H,1-3,8-12H2,(H,21,25)(H,22,23). The van der Waals surface area contributed by atoms with Crippen LogP contribution < -0.4 is 5.32 Å². The molecule has 0 unspecified atom stereocenters. The average Bonchev–Trinajstić information content (AvgIpc) is 3.15. The van der Waals surface area contributed by atoms with Crippen molar-refractivity contribution in [3.05, 3.63) is 41.6 Å². The van der Waals surface area contributed by atoms with Crippen molar-refractivity contribution in [1.29, 1.82) is 0 Å². The molecule has 1 saturated heterocycles. The predicted molar refractivity (Wildman–Crippen MR) is 99.9 cm³/mol. The summed E-state index contributed by atoms with van der Waals surface area (Å²) in [6.07, 6.45) is 4.75. The number of carbonyl (C=O) groups is 2. The van der Waals surface area contributed by atoms with Crippen LogP contribution in [0.15, 0.2) is 30.5 Å². The van der Waals surface area contributed by atoms with Crippen molar-refractivity contribution in [2.75, 3.05) is 26.3 Å². The summed E-state index contributed by atoms with van der Waals surface area (Å²) in [5.41, 5.74) is 3.23. The molecule has 4 rings (SSSR count). The van der Waals surface area contributed by atoms with E-state index < -0.39 is 0 Å². The van der Waals surface area contributed by atoms with Crippen LogP contribution >= 0.6 is 0 Å². The fourth-order valence-corrected chi connectivity index (χ4v) is 3.40. The van der Waals surface area contributed by atoms with Crippen molar-refractivity contribution >= 4 is 11.8 Å². The van der Waals surface area contributed by atoms with Crippen LogP contribution in [0.4, 0.5) is 0 Å². The molecule has 2 amide bonds. The van der Waals surface area contributed by atoms with E-state index in [1.807, 2.05) is 24.3 Å². The molecule has 1 aliphatic carbocycles. The Balaban J connectivity index is 1.42. The lowest BCUT2D eigenvalue weighted by atomic mass is 9.85. The number of ether oxygens (including phenoxy) is 1. The van der Waals surface area contributed by atoms with Crippen LogP contribution in [-0.2, 0) is 16.1 Å². The summed E-state index contributed by atoms with van der Waals surface area (Å²) in [6, 6.07) is 7.85. The minimum atomic E-state index is -0.0288. The Bertz CT molecular complexity index is 805. The van der Waals surface area contributed by atoms with E-state index in [1.54, 1.807) is 11.1 Å². The third-order valence-electron chi connectivity index (χ3n) is 5.35. The molecular weight excluding hydrogens is 344 g/mol. The second kappa shape index (κ2) is 7.92. The van der Waals surface area contributed by atoms with Gasteiger partial charge in [0.05, 0.1) is 30.7 Å². The Kier molecular flexibility index (Phi) is 5.20. The summed E-state index contributed by atoms with van der Waals surface area (Å²) < 4.78 is 5.31. The molecule has 2 heterocycles. The molecular formula is C20H24N4O3. The van der Waals surface area contributed by atoms with Gasteiger partial charge in [0.25, 0.3) is 5.91 Å². The predicted octanol–water partition coefficient (Wildman–Crippen LogP) is 1.97. The normalized spacial score (nSPS) is 17.4. The van der Waals surface area contributed by atoms with Crippen molar-refractivity contribution in [1.82, 2.24) is 20.4 Å². The zero-order valence-corrected chi connectivity index (χ0v) is 15.2. The first kappa shape index (κ1) is 17.7. The molecule has 1 aromatic carbocycles. The lowest BCUT2D eigenvalue weighted by Gasteiger charge is -2.26. The highest BCUT2D eigenvalue weighted by atomic mass is 16.5. The number of carbonyl (C=O) groups excluding carboxylic acids is 2. The zero-order valence-electron chi connectivity index (χ0n) is 15.2. The van der Waals surface area contributed by atoms with Crippen LogP contribution in [0.1, 0.15) is 35.2 Å². The fraction of sp³-hybridized carbons (Fsp3) is 0.450. The first-order chi connectivity index (χ1) is 13.2. The van der Waals surface area contributed by atoms with Crippen LogP contribution in [0, 0.1) is 5.92 Å². The molecule has 2 fully saturated rings. The highest BCUT2D eigenvalue weighted by molar-refractivity contribution is 5.99. The average molecular weight is 368 g/mol. The van der Waals surface area contributed by atoms with Crippen molar-refractivity contribution in [2.45, 2.75) is 25.8 Å². The lowest BCUT2D eigenvalue weighted by Crippen LogP contribution is -2.40. The van der Waals surface area contributed by atoms with E-state index >= 15 is 0 Å². The molecule has 0 atom stereocenters. The molecule has 0 bridgehead atoms. The van der Waals surface area contributed by atoms with Gasteiger partial charge >= 0.3 is 0 Å². The number of aromatic amines is 1. The van der Waals surface area contributed by atoms with Gasteiger partial charge in [0.1, 0.15) is 0 Å². The Hall–Kier alpha value is -2.67. The van der Waals surface area contributed by atoms with E-state index in [2.05, 4.69) is 15.5 Å². The van der Waals surface area contributed by atoms with Gasteiger partial charge in [-0.15, -0.1) is 0 Å². The minimum Gasteiger partial charge on any atom is -0.378 e. The molecule has 142 valence electrons. The van der Waals surface area contributed by atoms with E-state index in [-0.39, 0.29) is 17.7 Å². The second-order valence-corrected chi connectivity index (χ2v) is 7.11. The maximum atomic E-state index is 12.8. The van der Waals surface area contributed by atoms with Gasteiger partial charge in [-0.3, -0.25) is 14.7 Å². The molecule has 0 spiro atoms. The van der Waals surface area contributed by atoms with E-state index in [0.717, 1.165) is 36.1 Å². The van der Waals surface area contributed by atoms with Crippen molar-refractivity contribution in [3.8, 4) is 11.3 Å². The molecule has 7 heteroatoms. The Morgan fingerprint density at radius 3 is 2.59 bits per heavy atom. The number of rotatable bonds is 5. The van der Waals surface area contributed by atoms with Crippen LogP contribution in [0.5, 0.6) is 0 Å². The third-order valence-corrected chi connectivity index (χ3v) is 5.35. The van der Waals surface area contributed by atoms with Gasteiger partial charge in [0.2, 0.25) is 5.91 Å². The van der Waals surface area contributed by atoms with Gasteiger partial charge in [-0.05, 0) is 18.4 Å². The van der Waals surface area contributed by atoms with E-state index in [1.165, 1.54) is 0 Å². The maximum absolute atomic E-state index is 12.8. The van der Waals surface area contributed by atoms with Gasteiger partial charge in [0.15, 0.2) is 0 Å². The number of nitrogens with zero attached hydrogens (tertiary/aromatic N) is 2. The zero-order chi connectivity index (χ0) is 18.6. The molecule has 0 radical (unpaired) electrons. The number of hydrogen-bond acceptors (Lipinski definition) is 4. The third kappa shape index (κ3) is 3.88. The monoisotopic (exact) mass is 368 g/mol. The first-order valence-corrected chi connectivity index (χ1v) is 9.50. The smallest absolute Gasteiger partial charge is 0.257 e. The van der Waals surface area contributed by atoms with E-state index in [4.69, 9.17) is 4.74 Å². The molecule has 7 nitrogen and oxygen atoms in total. The van der Waals surface area contributed by atoms with E-state index in [9.17, 15) is 9.59 Å². The molecule has 1 aliphatic heterocycles. The van der Waals surface area contributed by atoms with Crippen molar-refractivity contribution in [3.63, 3.8) is 0 Å². The summed E-state index contributed by atoms with van der Waals surface area (Å²) in [5, 5.41) is 10.0. The summed E-state index contributed by atoms with van der Waals surface area (Å²) in [7, 11) is 0. The van der Waals surface area contributed by atoms with Crippen molar-refractivity contribution < 1.29 is 14.3 Å². The van der Waals surface area contributed by atoms with Gasteiger partial charge in [-0.25, -0.2) is 0 Å². The van der Waals surface area contributed by atoms with Gasteiger partial charge in [-0.2, -0.15) is 5.10 Å². The molecule has 1 saturated carbocycles. The van der Waals surface area contributed by atoms with Crippen LogP contribution in [0.2, 0.25) is 0 Å². The van der Waals surface area contributed by atoms with Crippen LogP contribution in [0.3, 0.4) is 0 Å². The lowest BCUT2D eigenvalue weighted by molar-refractivity contribution is -0.127.